The van der Waals surface area contributed by atoms with E-state index in [1.807, 2.05) is 0 Å². The molecule has 0 spiro atoms. The van der Waals surface area contributed by atoms with Crippen LogP contribution in [0.4, 0.5) is 4.39 Å². The van der Waals surface area contributed by atoms with E-state index in [1.165, 1.54) is 12.1 Å². The van der Waals surface area contributed by atoms with Crippen LogP contribution in [0, 0.1) is 5.82 Å². The summed E-state index contributed by atoms with van der Waals surface area (Å²) < 4.78 is 41.1. The number of hydrogen-bond acceptors (Lipinski definition) is 4. The zero-order chi connectivity index (χ0) is 17.6. The summed E-state index contributed by atoms with van der Waals surface area (Å²) in [5.74, 6) is 0.533. The van der Waals surface area contributed by atoms with Crippen molar-refractivity contribution in [3.8, 4) is 11.5 Å². The zero-order valence-electron chi connectivity index (χ0n) is 13.2. The monoisotopic (exact) mass is 361 g/mol. The molecule has 0 saturated heterocycles. The third-order valence-electron chi connectivity index (χ3n) is 3.48. The summed E-state index contributed by atoms with van der Waals surface area (Å²) in [4.78, 5) is 8.40. The quantitative estimate of drug-likeness (QED) is 0.499. The molecule has 25 heavy (non-hydrogen) atoms. The lowest BCUT2D eigenvalue weighted by Crippen LogP contribution is -2.17. The number of hydrogen-bond donors (Lipinski definition) is 2. The zero-order valence-corrected chi connectivity index (χ0v) is 14.0. The number of benzene rings is 2. The molecule has 6 nitrogen and oxygen atoms in total. The second-order valence-electron chi connectivity index (χ2n) is 5.35. The molecule has 2 N–H and O–H groups in total. The summed E-state index contributed by atoms with van der Waals surface area (Å²) in [6.45, 7) is 0.360. The summed E-state index contributed by atoms with van der Waals surface area (Å²) in [5.41, 5.74) is 2.20. The number of rotatable bonds is 7. The topological polar surface area (TPSA) is 84.3 Å². The number of fused-ring (bicyclic) bond motifs is 1. The van der Waals surface area contributed by atoms with Crippen molar-refractivity contribution in [2.75, 3.05) is 6.54 Å². The van der Waals surface area contributed by atoms with Crippen molar-refractivity contribution in [3.63, 3.8) is 0 Å². The van der Waals surface area contributed by atoms with E-state index in [4.69, 9.17) is 9.29 Å². The van der Waals surface area contributed by atoms with Crippen molar-refractivity contribution in [2.45, 2.75) is 12.8 Å². The van der Waals surface area contributed by atoms with Crippen LogP contribution < -0.4 is 9.46 Å². The molecule has 0 fully saturated rings. The Morgan fingerprint density at radius 1 is 1.08 bits per heavy atom. The number of aromatic nitrogens is 2. The number of aryl methyl sites for hydroxylation is 1. The highest BCUT2D eigenvalue weighted by Crippen LogP contribution is 2.26. The Kier molecular flexibility index (Phi) is 5.64. The summed E-state index contributed by atoms with van der Waals surface area (Å²) in [7, 11) is 0. The van der Waals surface area contributed by atoms with Gasteiger partial charge in [-0.3, -0.25) is 14.5 Å². The molecule has 1 aromatic heterocycles. The van der Waals surface area contributed by atoms with Gasteiger partial charge in [0.1, 0.15) is 17.3 Å². The van der Waals surface area contributed by atoms with Crippen molar-refractivity contribution >= 4 is 22.3 Å². The maximum atomic E-state index is 13.8. The minimum absolute atomic E-state index is 0.360. The number of nitrogens with zero attached hydrogens (tertiary/aromatic N) is 2. The van der Waals surface area contributed by atoms with Gasteiger partial charge in [-0.1, -0.05) is 0 Å². The van der Waals surface area contributed by atoms with E-state index in [-0.39, 0.29) is 0 Å². The van der Waals surface area contributed by atoms with Crippen LogP contribution >= 0.6 is 0 Å². The molecule has 0 aliphatic heterocycles. The Balaban J connectivity index is 1.71. The van der Waals surface area contributed by atoms with Crippen molar-refractivity contribution in [3.05, 3.63) is 60.2 Å². The molecule has 0 saturated carbocycles. The van der Waals surface area contributed by atoms with Gasteiger partial charge in [0.2, 0.25) is 11.3 Å². The van der Waals surface area contributed by atoms with E-state index in [9.17, 15) is 8.60 Å². The van der Waals surface area contributed by atoms with Crippen molar-refractivity contribution in [1.82, 2.24) is 14.7 Å². The Bertz CT molecular complexity index is 907. The third-order valence-corrected chi connectivity index (χ3v) is 3.93. The highest BCUT2D eigenvalue weighted by molar-refractivity contribution is 7.77. The lowest BCUT2D eigenvalue weighted by atomic mass is 10.1. The Labute approximate surface area is 146 Å². The average molecular weight is 361 g/mol. The molecule has 0 amide bonds. The molecular weight excluding hydrogens is 345 g/mol. The van der Waals surface area contributed by atoms with Crippen LogP contribution in [0.1, 0.15) is 12.0 Å². The summed E-state index contributed by atoms with van der Waals surface area (Å²) in [6.07, 6.45) is 4.37. The van der Waals surface area contributed by atoms with Gasteiger partial charge in [-0.15, -0.1) is 0 Å². The summed E-state index contributed by atoms with van der Waals surface area (Å²) in [6, 6.07) is 9.77. The first-order valence-electron chi connectivity index (χ1n) is 7.62. The molecule has 1 heterocycles. The smallest absolute Gasteiger partial charge is 0.231 e. The van der Waals surface area contributed by atoms with Crippen molar-refractivity contribution in [1.29, 1.82) is 0 Å². The van der Waals surface area contributed by atoms with Gasteiger partial charge in [-0.05, 0) is 42.7 Å². The second-order valence-corrected chi connectivity index (χ2v) is 6.14. The van der Waals surface area contributed by atoms with E-state index in [2.05, 4.69) is 14.7 Å². The van der Waals surface area contributed by atoms with Crippen LogP contribution in [0.3, 0.4) is 0 Å². The van der Waals surface area contributed by atoms with Crippen LogP contribution in [0.5, 0.6) is 11.5 Å². The minimum Gasteiger partial charge on any atom is -0.457 e. The Morgan fingerprint density at radius 3 is 2.68 bits per heavy atom. The predicted molar refractivity (Wildman–Crippen MR) is 93.1 cm³/mol. The van der Waals surface area contributed by atoms with Gasteiger partial charge in [0.25, 0.3) is 0 Å². The number of halogens is 1. The highest BCUT2D eigenvalue weighted by Gasteiger charge is 2.05. The van der Waals surface area contributed by atoms with Gasteiger partial charge in [-0.2, -0.15) is 0 Å². The predicted octanol–water partition coefficient (Wildman–Crippen LogP) is 3.22. The van der Waals surface area contributed by atoms with Gasteiger partial charge in [0, 0.05) is 31.1 Å². The average Bonchev–Trinajstić information content (AvgIpc) is 2.58. The van der Waals surface area contributed by atoms with Crippen LogP contribution in [0.25, 0.3) is 11.0 Å². The Morgan fingerprint density at radius 2 is 1.88 bits per heavy atom. The molecule has 1 atom stereocenters. The fourth-order valence-electron chi connectivity index (χ4n) is 2.42. The summed E-state index contributed by atoms with van der Waals surface area (Å²) in [5, 5.41) is 0. The van der Waals surface area contributed by atoms with Gasteiger partial charge >= 0.3 is 0 Å². The van der Waals surface area contributed by atoms with Gasteiger partial charge in [0.15, 0.2) is 0 Å². The first-order chi connectivity index (χ1) is 12.1. The fraction of sp³-hybridized carbons (Fsp3) is 0.176. The lowest BCUT2D eigenvalue weighted by molar-refractivity contribution is 0.476. The largest absolute Gasteiger partial charge is 0.457 e. The minimum atomic E-state index is -2.03. The molecule has 8 heteroatoms. The van der Waals surface area contributed by atoms with Gasteiger partial charge in [0.05, 0.1) is 11.0 Å². The lowest BCUT2D eigenvalue weighted by Gasteiger charge is -2.09. The van der Waals surface area contributed by atoms with Crippen LogP contribution in [-0.4, -0.2) is 25.3 Å². The van der Waals surface area contributed by atoms with E-state index in [0.29, 0.717) is 36.4 Å². The first kappa shape index (κ1) is 17.4. The maximum Gasteiger partial charge on any atom is 0.231 e. The molecule has 0 aliphatic rings. The molecule has 0 aliphatic carbocycles. The molecule has 3 rings (SSSR count). The maximum absolute atomic E-state index is 13.8. The Hall–Kier alpha value is -2.42. The van der Waals surface area contributed by atoms with Crippen molar-refractivity contribution in [2.24, 2.45) is 0 Å². The molecule has 3 aromatic rings. The van der Waals surface area contributed by atoms with Crippen LogP contribution in [-0.2, 0) is 17.7 Å². The summed E-state index contributed by atoms with van der Waals surface area (Å²) >= 11 is -2.03. The van der Waals surface area contributed by atoms with E-state index < -0.39 is 17.1 Å². The molecule has 1 unspecified atom stereocenters. The fourth-order valence-corrected chi connectivity index (χ4v) is 2.74. The first-order valence-corrected chi connectivity index (χ1v) is 8.73. The van der Waals surface area contributed by atoms with Gasteiger partial charge < -0.3 is 4.74 Å². The van der Waals surface area contributed by atoms with Crippen LogP contribution in [0.2, 0.25) is 0 Å². The molecule has 0 radical (unpaired) electrons. The van der Waals surface area contributed by atoms with Gasteiger partial charge in [-0.25, -0.2) is 13.3 Å². The molecule has 0 bridgehead atoms. The van der Waals surface area contributed by atoms with E-state index in [1.54, 1.807) is 36.7 Å². The molecule has 2 aromatic carbocycles. The number of ether oxygens (including phenoxy) is 1. The van der Waals surface area contributed by atoms with E-state index in [0.717, 1.165) is 11.1 Å². The SMILES string of the molecule is O=S(O)NCCCc1cc(F)cc(Oc2ccc3nccnc3c2)c1. The normalized spacial score (nSPS) is 12.2. The second kappa shape index (κ2) is 8.11. The van der Waals surface area contributed by atoms with Crippen molar-refractivity contribution < 1.29 is 17.9 Å². The molecule has 130 valence electrons. The standard InChI is InChI=1S/C17H16FN3O3S/c18-13-8-12(2-1-5-21-25(22)23)9-15(10-13)24-14-3-4-16-17(11-14)20-7-6-19-16/h3-4,6-11,21H,1-2,5H2,(H,22,23). The number of nitrogens with one attached hydrogen (secondary N) is 1. The van der Waals surface area contributed by atoms with Crippen LogP contribution in [0.15, 0.2) is 48.8 Å². The third kappa shape index (κ3) is 5.02. The van der Waals surface area contributed by atoms with E-state index >= 15 is 0 Å². The highest BCUT2D eigenvalue weighted by atomic mass is 32.2. The molecular formula is C17H16FN3O3S.